The number of methoxy groups -OCH3 is 2. The highest BCUT2D eigenvalue weighted by Gasteiger charge is 2.37. The minimum Gasteiger partial charge on any atom is -0.467 e. The van der Waals surface area contributed by atoms with Crippen LogP contribution in [0.1, 0.15) is 24.5 Å². The lowest BCUT2D eigenvalue weighted by atomic mass is 9.92. The Morgan fingerprint density at radius 1 is 0.875 bits per heavy atom. The summed E-state index contributed by atoms with van der Waals surface area (Å²) in [5.74, 6) is 0.245. The minimum atomic E-state index is -1.33. The predicted molar refractivity (Wildman–Crippen MR) is 86.0 cm³/mol. The maximum absolute atomic E-state index is 6.52. The summed E-state index contributed by atoms with van der Waals surface area (Å²) in [6.45, 7) is 0.394. The molecule has 2 aromatic rings. The first-order valence-electron chi connectivity index (χ1n) is 6.84. The molecule has 4 N–H and O–H groups in total. The van der Waals surface area contributed by atoms with Gasteiger partial charge in [-0.15, -0.1) is 0 Å². The van der Waals surface area contributed by atoms with Crippen LogP contribution in [0.25, 0.3) is 0 Å². The van der Waals surface area contributed by atoms with E-state index in [4.69, 9.17) is 44.1 Å². The van der Waals surface area contributed by atoms with Crippen LogP contribution in [-0.4, -0.2) is 50.7 Å². The molecule has 0 aliphatic heterocycles. The maximum atomic E-state index is 6.52. The van der Waals surface area contributed by atoms with Crippen LogP contribution < -0.4 is 20.9 Å². The van der Waals surface area contributed by atoms with Crippen molar-refractivity contribution >= 4 is 23.2 Å². The zero-order chi connectivity index (χ0) is 17.7. The fraction of sp³-hybridized carbons (Fsp3) is 0.500. The summed E-state index contributed by atoms with van der Waals surface area (Å²) < 4.78 is 10.0. The Morgan fingerprint density at radius 3 is 1.71 bits per heavy atom. The van der Waals surface area contributed by atoms with E-state index in [0.29, 0.717) is 19.4 Å². The third kappa shape index (κ3) is 3.96. The number of rotatable bonds is 7. The summed E-state index contributed by atoms with van der Waals surface area (Å²) in [6, 6.07) is 0.0272. The minimum absolute atomic E-state index is 0.0136. The molecular weight excluding hydrogens is 359 g/mol. The topological polar surface area (TPSA) is 148 Å². The molecule has 130 valence electrons. The number of nitrogens with two attached hydrogens (primary N) is 2. The lowest BCUT2D eigenvalue weighted by Gasteiger charge is -2.26. The number of ether oxygens (including phenoxy) is 2. The van der Waals surface area contributed by atoms with Crippen molar-refractivity contribution in [3.8, 4) is 12.0 Å². The molecule has 0 bridgehead atoms. The highest BCUT2D eigenvalue weighted by Crippen LogP contribution is 2.29. The van der Waals surface area contributed by atoms with E-state index in [1.165, 1.54) is 14.2 Å². The molecule has 0 fully saturated rings. The van der Waals surface area contributed by atoms with E-state index >= 15 is 0 Å². The van der Waals surface area contributed by atoms with Gasteiger partial charge in [0.1, 0.15) is 5.54 Å². The van der Waals surface area contributed by atoms with E-state index in [9.17, 15) is 0 Å². The van der Waals surface area contributed by atoms with E-state index in [-0.39, 0.29) is 34.2 Å². The van der Waals surface area contributed by atoms with Gasteiger partial charge in [0.25, 0.3) is 0 Å². The van der Waals surface area contributed by atoms with Gasteiger partial charge in [0, 0.05) is 0 Å². The summed E-state index contributed by atoms with van der Waals surface area (Å²) in [6.07, 6.45) is 0.879. The number of hydrogen-bond acceptors (Lipinski definition) is 10. The third-order valence-electron chi connectivity index (χ3n) is 3.11. The zero-order valence-corrected chi connectivity index (χ0v) is 14.5. The standard InChI is InChI=1S/C12H16Cl2N8O2/c1-23-10-19-6(17-8(13)21-10)12(16,4-3-5-15)7-18-9(14)22-11(20-7)24-2/h3-5,15-16H2,1-2H3. The first-order valence-corrected chi connectivity index (χ1v) is 7.59. The van der Waals surface area contributed by atoms with Gasteiger partial charge in [-0.1, -0.05) is 0 Å². The van der Waals surface area contributed by atoms with Gasteiger partial charge in [0.15, 0.2) is 11.6 Å². The highest BCUT2D eigenvalue weighted by atomic mass is 35.5. The fourth-order valence-electron chi connectivity index (χ4n) is 1.95. The van der Waals surface area contributed by atoms with Gasteiger partial charge in [-0.3, -0.25) is 0 Å². The highest BCUT2D eigenvalue weighted by molar-refractivity contribution is 6.28. The quantitative estimate of drug-likeness (QED) is 0.693. The van der Waals surface area contributed by atoms with Gasteiger partial charge in [-0.05, 0) is 42.6 Å². The Morgan fingerprint density at radius 2 is 1.33 bits per heavy atom. The zero-order valence-electron chi connectivity index (χ0n) is 13.0. The molecule has 2 aromatic heterocycles. The molecule has 0 aromatic carbocycles. The van der Waals surface area contributed by atoms with E-state index in [1.54, 1.807) is 0 Å². The van der Waals surface area contributed by atoms with Crippen molar-refractivity contribution < 1.29 is 9.47 Å². The van der Waals surface area contributed by atoms with Gasteiger partial charge in [-0.25, -0.2) is 0 Å². The van der Waals surface area contributed by atoms with E-state index in [0.717, 1.165) is 0 Å². The van der Waals surface area contributed by atoms with E-state index < -0.39 is 5.54 Å². The molecule has 12 heteroatoms. The van der Waals surface area contributed by atoms with Crippen LogP contribution in [-0.2, 0) is 5.54 Å². The van der Waals surface area contributed by atoms with Gasteiger partial charge in [0.2, 0.25) is 10.6 Å². The smallest absolute Gasteiger partial charge is 0.320 e. The number of nitrogens with zero attached hydrogens (tertiary/aromatic N) is 6. The number of hydrogen-bond donors (Lipinski definition) is 2. The van der Waals surface area contributed by atoms with Crippen molar-refractivity contribution in [3.63, 3.8) is 0 Å². The van der Waals surface area contributed by atoms with Crippen LogP contribution in [0.5, 0.6) is 12.0 Å². The normalized spacial score (nSPS) is 11.4. The molecule has 2 rings (SSSR count). The van der Waals surface area contributed by atoms with Gasteiger partial charge >= 0.3 is 12.0 Å². The first-order chi connectivity index (χ1) is 11.4. The van der Waals surface area contributed by atoms with Crippen LogP contribution in [0.3, 0.4) is 0 Å². The molecule has 0 saturated heterocycles. The molecule has 0 spiro atoms. The molecule has 0 aliphatic carbocycles. The van der Waals surface area contributed by atoms with Crippen LogP contribution in [0.2, 0.25) is 10.6 Å². The molecule has 2 heterocycles. The second-order valence-electron chi connectivity index (χ2n) is 4.69. The SMILES string of the molecule is COc1nc(Cl)nc(C(N)(CCCN)c2nc(Cl)nc(OC)n2)n1. The maximum Gasteiger partial charge on any atom is 0.320 e. The van der Waals surface area contributed by atoms with Crippen molar-refractivity contribution in [1.82, 2.24) is 29.9 Å². The number of halogens is 2. The lowest BCUT2D eigenvalue weighted by molar-refractivity contribution is 0.348. The Kier molecular flexibility index (Phi) is 5.99. The Labute approximate surface area is 148 Å². The molecule has 10 nitrogen and oxygen atoms in total. The summed E-state index contributed by atoms with van der Waals surface area (Å²) in [4.78, 5) is 24.1. The second kappa shape index (κ2) is 7.79. The molecular formula is C12H16Cl2N8O2. The Hall–Kier alpha value is -1.88. The third-order valence-corrected chi connectivity index (χ3v) is 3.45. The Balaban J connectivity index is 2.62. The van der Waals surface area contributed by atoms with Crippen molar-refractivity contribution in [3.05, 3.63) is 22.2 Å². The summed E-state index contributed by atoms with van der Waals surface area (Å²) in [5.41, 5.74) is 10.8. The summed E-state index contributed by atoms with van der Waals surface area (Å²) >= 11 is 11.8. The summed E-state index contributed by atoms with van der Waals surface area (Å²) in [5, 5.41) is -0.155. The summed E-state index contributed by atoms with van der Waals surface area (Å²) in [7, 11) is 2.80. The Bertz CT molecular complexity index is 664. The van der Waals surface area contributed by atoms with Crippen LogP contribution in [0.4, 0.5) is 0 Å². The molecule has 0 aliphatic rings. The monoisotopic (exact) mass is 374 g/mol. The fourth-order valence-corrected chi connectivity index (χ4v) is 2.25. The molecule has 0 unspecified atom stereocenters. The molecule has 0 amide bonds. The average molecular weight is 375 g/mol. The van der Waals surface area contributed by atoms with Gasteiger partial charge in [-0.2, -0.15) is 29.9 Å². The van der Waals surface area contributed by atoms with Crippen LogP contribution in [0, 0.1) is 0 Å². The van der Waals surface area contributed by atoms with Crippen molar-refractivity contribution in [2.24, 2.45) is 11.5 Å². The predicted octanol–water partition coefficient (Wildman–Crippen LogP) is 0.322. The van der Waals surface area contributed by atoms with Crippen LogP contribution >= 0.6 is 23.2 Å². The van der Waals surface area contributed by atoms with Crippen LogP contribution in [0.15, 0.2) is 0 Å². The second-order valence-corrected chi connectivity index (χ2v) is 5.37. The van der Waals surface area contributed by atoms with E-state index in [2.05, 4.69) is 29.9 Å². The van der Waals surface area contributed by atoms with Crippen molar-refractivity contribution in [2.45, 2.75) is 18.4 Å². The van der Waals surface area contributed by atoms with Crippen molar-refractivity contribution in [2.75, 3.05) is 20.8 Å². The lowest BCUT2D eigenvalue weighted by Crippen LogP contribution is -2.42. The first kappa shape index (κ1) is 18.5. The van der Waals surface area contributed by atoms with Gasteiger partial charge < -0.3 is 20.9 Å². The number of aromatic nitrogens is 6. The van der Waals surface area contributed by atoms with Gasteiger partial charge in [0.05, 0.1) is 14.2 Å². The molecule has 0 saturated carbocycles. The van der Waals surface area contributed by atoms with Crippen molar-refractivity contribution in [1.29, 1.82) is 0 Å². The largest absolute Gasteiger partial charge is 0.467 e. The molecule has 24 heavy (non-hydrogen) atoms. The molecule has 0 radical (unpaired) electrons. The molecule has 0 atom stereocenters. The van der Waals surface area contributed by atoms with E-state index in [1.807, 2.05) is 0 Å². The average Bonchev–Trinajstić information content (AvgIpc) is 2.58.